The number of piperazine rings is 1. The quantitative estimate of drug-likeness (QED) is 0.676. The van der Waals surface area contributed by atoms with Gasteiger partial charge in [0.05, 0.1) is 16.7 Å². The summed E-state index contributed by atoms with van der Waals surface area (Å²) < 4.78 is 0. The van der Waals surface area contributed by atoms with Gasteiger partial charge in [0.25, 0.3) is 23.6 Å². The Kier molecular flexibility index (Phi) is 5.66. The van der Waals surface area contributed by atoms with E-state index in [1.54, 1.807) is 52.5 Å². The molecule has 8 heteroatoms. The number of rotatable bonds is 3. The van der Waals surface area contributed by atoms with Crippen molar-refractivity contribution >= 4 is 23.6 Å². The molecule has 0 bridgehead atoms. The molecular weight excluding hydrogens is 420 g/mol. The van der Waals surface area contributed by atoms with E-state index >= 15 is 0 Å². The van der Waals surface area contributed by atoms with E-state index in [0.717, 1.165) is 32.1 Å². The molecule has 2 fully saturated rings. The first kappa shape index (κ1) is 21.3. The summed E-state index contributed by atoms with van der Waals surface area (Å²) in [6, 6.07) is 8.20. The predicted octanol–water partition coefficient (Wildman–Crippen LogP) is 2.61. The van der Waals surface area contributed by atoms with Crippen molar-refractivity contribution in [1.29, 1.82) is 0 Å². The molecule has 1 saturated carbocycles. The summed E-state index contributed by atoms with van der Waals surface area (Å²) in [6.07, 6.45) is 8.04. The van der Waals surface area contributed by atoms with Gasteiger partial charge in [-0.25, -0.2) is 0 Å². The standard InChI is InChI=1S/C25H26N4O4/c30-22(27-11-13-28(14-12-27)23(31)18-5-4-10-26-16-18)17-8-9-20-21(15-17)25(33)29(24(20)32)19-6-2-1-3-7-19/h4-5,8-10,15-16,19H,1-3,6-7,11-14H2. The van der Waals surface area contributed by atoms with Crippen molar-refractivity contribution in [3.63, 3.8) is 0 Å². The van der Waals surface area contributed by atoms with Gasteiger partial charge in [0.1, 0.15) is 0 Å². The number of fused-ring (bicyclic) bond motifs is 1. The Hall–Kier alpha value is -3.55. The van der Waals surface area contributed by atoms with Gasteiger partial charge in [0, 0.05) is 50.2 Å². The maximum Gasteiger partial charge on any atom is 0.261 e. The smallest absolute Gasteiger partial charge is 0.261 e. The molecule has 2 aromatic rings. The minimum absolute atomic E-state index is 0.0456. The number of benzene rings is 1. The third-order valence-electron chi connectivity index (χ3n) is 6.87. The summed E-state index contributed by atoms with van der Waals surface area (Å²) >= 11 is 0. The highest BCUT2D eigenvalue weighted by atomic mass is 16.2. The van der Waals surface area contributed by atoms with Crippen molar-refractivity contribution < 1.29 is 19.2 Å². The van der Waals surface area contributed by atoms with Crippen LogP contribution in [0.25, 0.3) is 0 Å². The van der Waals surface area contributed by atoms with Crippen LogP contribution in [0, 0.1) is 0 Å². The van der Waals surface area contributed by atoms with E-state index in [-0.39, 0.29) is 29.7 Å². The molecule has 3 aliphatic rings. The van der Waals surface area contributed by atoms with Crippen LogP contribution in [0.3, 0.4) is 0 Å². The molecule has 8 nitrogen and oxygen atoms in total. The lowest BCUT2D eigenvalue weighted by Gasteiger charge is -2.34. The zero-order chi connectivity index (χ0) is 22.9. The Labute approximate surface area is 192 Å². The number of amides is 4. The zero-order valence-corrected chi connectivity index (χ0v) is 18.4. The molecule has 1 aromatic carbocycles. The summed E-state index contributed by atoms with van der Waals surface area (Å²) in [5.74, 6) is -0.825. The minimum Gasteiger partial charge on any atom is -0.335 e. The predicted molar refractivity (Wildman–Crippen MR) is 120 cm³/mol. The number of hydrogen-bond acceptors (Lipinski definition) is 5. The van der Waals surface area contributed by atoms with E-state index in [4.69, 9.17) is 0 Å². The first-order valence-electron chi connectivity index (χ1n) is 11.5. The third-order valence-corrected chi connectivity index (χ3v) is 6.87. The molecule has 4 amide bonds. The number of imide groups is 1. The number of nitrogens with zero attached hydrogens (tertiary/aromatic N) is 4. The normalized spacial score (nSPS) is 19.1. The van der Waals surface area contributed by atoms with Crippen LogP contribution in [0.1, 0.15) is 73.5 Å². The fourth-order valence-electron chi connectivity index (χ4n) is 5.03. The summed E-state index contributed by atoms with van der Waals surface area (Å²) in [6.45, 7) is 1.67. The van der Waals surface area contributed by atoms with Gasteiger partial charge in [-0.2, -0.15) is 0 Å². The second-order valence-corrected chi connectivity index (χ2v) is 8.86. The Morgan fingerprint density at radius 1 is 0.788 bits per heavy atom. The Bertz CT molecular complexity index is 1100. The molecule has 1 aromatic heterocycles. The van der Waals surface area contributed by atoms with E-state index < -0.39 is 0 Å². The highest BCUT2D eigenvalue weighted by molar-refractivity contribution is 6.22. The van der Waals surface area contributed by atoms with E-state index in [1.165, 1.54) is 4.90 Å². The molecule has 0 unspecified atom stereocenters. The second-order valence-electron chi connectivity index (χ2n) is 8.86. The molecule has 0 atom stereocenters. The largest absolute Gasteiger partial charge is 0.335 e. The van der Waals surface area contributed by atoms with E-state index in [1.807, 2.05) is 0 Å². The van der Waals surface area contributed by atoms with E-state index in [2.05, 4.69) is 4.98 Å². The molecule has 0 radical (unpaired) electrons. The summed E-state index contributed by atoms with van der Waals surface area (Å²) in [7, 11) is 0. The lowest BCUT2D eigenvalue weighted by Crippen LogP contribution is -2.50. The van der Waals surface area contributed by atoms with Gasteiger partial charge < -0.3 is 9.80 Å². The van der Waals surface area contributed by atoms with Crippen molar-refractivity contribution in [2.75, 3.05) is 26.2 Å². The van der Waals surface area contributed by atoms with Gasteiger partial charge in [0.2, 0.25) is 0 Å². The number of carbonyl (C=O) groups is 4. The monoisotopic (exact) mass is 446 g/mol. The number of pyridine rings is 1. The van der Waals surface area contributed by atoms with Crippen LogP contribution in [0.4, 0.5) is 0 Å². The molecular formula is C25H26N4O4. The maximum atomic E-state index is 13.1. The summed E-state index contributed by atoms with van der Waals surface area (Å²) in [5.41, 5.74) is 1.63. The Morgan fingerprint density at radius 3 is 2.06 bits per heavy atom. The summed E-state index contributed by atoms with van der Waals surface area (Å²) in [5, 5.41) is 0. The molecule has 33 heavy (non-hydrogen) atoms. The van der Waals surface area contributed by atoms with Crippen LogP contribution in [0.5, 0.6) is 0 Å². The zero-order valence-electron chi connectivity index (χ0n) is 18.4. The topological polar surface area (TPSA) is 90.9 Å². The Morgan fingerprint density at radius 2 is 1.42 bits per heavy atom. The fraction of sp³-hybridized carbons (Fsp3) is 0.400. The minimum atomic E-state index is -0.288. The van der Waals surface area contributed by atoms with Crippen molar-refractivity contribution in [2.24, 2.45) is 0 Å². The lowest BCUT2D eigenvalue weighted by atomic mass is 9.94. The molecule has 170 valence electrons. The van der Waals surface area contributed by atoms with Crippen LogP contribution in [-0.4, -0.2) is 75.5 Å². The number of carbonyl (C=O) groups excluding carboxylic acids is 4. The highest BCUT2D eigenvalue weighted by Crippen LogP contribution is 2.31. The molecule has 0 N–H and O–H groups in total. The number of hydrogen-bond donors (Lipinski definition) is 0. The molecule has 1 saturated heterocycles. The van der Waals surface area contributed by atoms with Crippen LogP contribution in [0.15, 0.2) is 42.7 Å². The van der Waals surface area contributed by atoms with E-state index in [9.17, 15) is 19.2 Å². The van der Waals surface area contributed by atoms with Crippen molar-refractivity contribution in [1.82, 2.24) is 19.7 Å². The first-order chi connectivity index (χ1) is 16.0. The lowest BCUT2D eigenvalue weighted by molar-refractivity contribution is 0.0534. The molecule has 0 spiro atoms. The van der Waals surface area contributed by atoms with Crippen molar-refractivity contribution in [3.05, 3.63) is 65.0 Å². The van der Waals surface area contributed by atoms with Crippen molar-refractivity contribution in [2.45, 2.75) is 38.1 Å². The molecule has 1 aliphatic carbocycles. The van der Waals surface area contributed by atoms with Gasteiger partial charge in [0.15, 0.2) is 0 Å². The van der Waals surface area contributed by atoms with Gasteiger partial charge in [-0.15, -0.1) is 0 Å². The molecule has 5 rings (SSSR count). The Balaban J connectivity index is 1.27. The average molecular weight is 447 g/mol. The summed E-state index contributed by atoms with van der Waals surface area (Å²) in [4.78, 5) is 60.4. The van der Waals surface area contributed by atoms with Gasteiger partial charge in [-0.3, -0.25) is 29.1 Å². The van der Waals surface area contributed by atoms with E-state index in [0.29, 0.717) is 48.4 Å². The maximum absolute atomic E-state index is 13.1. The van der Waals surface area contributed by atoms with Gasteiger partial charge in [-0.1, -0.05) is 19.3 Å². The first-order valence-corrected chi connectivity index (χ1v) is 11.5. The van der Waals surface area contributed by atoms with Crippen LogP contribution in [0.2, 0.25) is 0 Å². The van der Waals surface area contributed by atoms with Crippen LogP contribution >= 0.6 is 0 Å². The molecule has 2 aliphatic heterocycles. The number of aromatic nitrogens is 1. The second kappa shape index (κ2) is 8.77. The van der Waals surface area contributed by atoms with Crippen molar-refractivity contribution in [3.8, 4) is 0 Å². The van der Waals surface area contributed by atoms with Crippen LogP contribution in [-0.2, 0) is 0 Å². The average Bonchev–Trinajstić information content (AvgIpc) is 3.13. The third kappa shape index (κ3) is 3.90. The SMILES string of the molecule is O=C(c1cccnc1)N1CCN(C(=O)c2ccc3c(c2)C(=O)N(C2CCCCC2)C3=O)CC1. The fourth-order valence-corrected chi connectivity index (χ4v) is 5.03. The van der Waals surface area contributed by atoms with Gasteiger partial charge >= 0.3 is 0 Å². The van der Waals surface area contributed by atoms with Gasteiger partial charge in [-0.05, 0) is 43.2 Å². The highest BCUT2D eigenvalue weighted by Gasteiger charge is 2.40. The molecule has 3 heterocycles. The van der Waals surface area contributed by atoms with Crippen LogP contribution < -0.4 is 0 Å².